The maximum atomic E-state index is 12.3. The van der Waals surface area contributed by atoms with Crippen LogP contribution in [-0.2, 0) is 10.0 Å². The Morgan fingerprint density at radius 3 is 2.16 bits per heavy atom. The second-order valence-electron chi connectivity index (χ2n) is 5.05. The Hall–Kier alpha value is -0.870. The monoisotopic (exact) mass is 283 g/mol. The van der Waals surface area contributed by atoms with Gasteiger partial charge in [-0.05, 0) is 25.5 Å². The quantitative estimate of drug-likeness (QED) is 0.684. The summed E-state index contributed by atoms with van der Waals surface area (Å²) < 4.78 is 26.0. The highest BCUT2D eigenvalue weighted by Crippen LogP contribution is 2.15. The fraction of sp³-hybridized carbons (Fsp3) is 0.600. The molecule has 1 aromatic rings. The van der Waals surface area contributed by atoms with Crippen LogP contribution in [0.1, 0.15) is 44.6 Å². The molecule has 0 N–H and O–H groups in total. The molecule has 0 fully saturated rings. The number of hydrogen-bond donors (Lipinski definition) is 0. The van der Waals surface area contributed by atoms with Crippen molar-refractivity contribution in [3.63, 3.8) is 0 Å². The minimum atomic E-state index is -3.32. The lowest BCUT2D eigenvalue weighted by atomic mass is 10.1. The minimum absolute atomic E-state index is 0.383. The highest BCUT2D eigenvalue weighted by atomic mass is 32.2. The third kappa shape index (κ3) is 4.96. The van der Waals surface area contributed by atoms with E-state index in [-0.39, 0.29) is 0 Å². The van der Waals surface area contributed by atoms with Crippen molar-refractivity contribution in [1.82, 2.24) is 4.31 Å². The van der Waals surface area contributed by atoms with Gasteiger partial charge < -0.3 is 0 Å². The number of rotatable bonds is 8. The molecule has 0 saturated heterocycles. The molecule has 0 radical (unpaired) electrons. The maximum absolute atomic E-state index is 12.3. The zero-order valence-corrected chi connectivity index (χ0v) is 13.0. The molecule has 0 aliphatic carbocycles. The predicted octanol–water partition coefficient (Wildman–Crippen LogP) is 3.59. The second-order valence-corrected chi connectivity index (χ2v) is 7.10. The van der Waals surface area contributed by atoms with Crippen molar-refractivity contribution >= 4 is 10.0 Å². The number of benzene rings is 1. The Morgan fingerprint density at radius 2 is 1.58 bits per heavy atom. The molecule has 0 heterocycles. The molecule has 19 heavy (non-hydrogen) atoms. The van der Waals surface area contributed by atoms with Gasteiger partial charge >= 0.3 is 0 Å². The van der Waals surface area contributed by atoms with E-state index < -0.39 is 10.0 Å². The first kappa shape index (κ1) is 16.2. The molecular formula is C15H25NO2S. The molecule has 0 amide bonds. The van der Waals surface area contributed by atoms with Crippen LogP contribution >= 0.6 is 0 Å². The molecule has 0 aromatic heterocycles. The average Bonchev–Trinajstić information content (AvgIpc) is 2.38. The van der Waals surface area contributed by atoms with Crippen molar-refractivity contribution in [2.24, 2.45) is 0 Å². The summed E-state index contributed by atoms with van der Waals surface area (Å²) in [5.74, 6) is 0. The van der Waals surface area contributed by atoms with Crippen molar-refractivity contribution in [3.8, 4) is 0 Å². The van der Waals surface area contributed by atoms with Crippen LogP contribution in [0.25, 0.3) is 0 Å². The highest BCUT2D eigenvalue weighted by Gasteiger charge is 2.19. The van der Waals surface area contributed by atoms with Crippen molar-refractivity contribution in [3.05, 3.63) is 29.8 Å². The fourth-order valence-corrected chi connectivity index (χ4v) is 3.16. The summed E-state index contributed by atoms with van der Waals surface area (Å²) in [4.78, 5) is 0.383. The van der Waals surface area contributed by atoms with E-state index in [1.165, 1.54) is 23.6 Å². The molecule has 1 aromatic carbocycles. The van der Waals surface area contributed by atoms with Crippen LogP contribution in [0.2, 0.25) is 0 Å². The van der Waals surface area contributed by atoms with Gasteiger partial charge in [0.15, 0.2) is 0 Å². The van der Waals surface area contributed by atoms with Gasteiger partial charge in [-0.3, -0.25) is 0 Å². The highest BCUT2D eigenvalue weighted by molar-refractivity contribution is 7.89. The summed E-state index contributed by atoms with van der Waals surface area (Å²) in [5, 5.41) is 0. The lowest BCUT2D eigenvalue weighted by Crippen LogP contribution is -2.27. The molecular weight excluding hydrogens is 258 g/mol. The summed E-state index contributed by atoms with van der Waals surface area (Å²) >= 11 is 0. The Labute approximate surface area is 117 Å². The first-order valence-corrected chi connectivity index (χ1v) is 8.45. The summed E-state index contributed by atoms with van der Waals surface area (Å²) in [6.07, 6.45) is 5.66. The smallest absolute Gasteiger partial charge is 0.207 e. The first-order valence-electron chi connectivity index (χ1n) is 7.01. The van der Waals surface area contributed by atoms with Gasteiger partial charge in [0, 0.05) is 13.6 Å². The van der Waals surface area contributed by atoms with E-state index in [1.807, 2.05) is 19.1 Å². The Kier molecular flexibility index (Phi) is 6.52. The third-order valence-corrected chi connectivity index (χ3v) is 5.18. The summed E-state index contributed by atoms with van der Waals surface area (Å²) in [5.41, 5.74) is 1.07. The van der Waals surface area contributed by atoms with Crippen molar-refractivity contribution in [2.45, 2.75) is 50.8 Å². The number of sulfonamides is 1. The molecule has 3 nitrogen and oxygen atoms in total. The summed E-state index contributed by atoms with van der Waals surface area (Å²) in [6.45, 7) is 4.72. The van der Waals surface area contributed by atoms with Crippen LogP contribution in [0.4, 0.5) is 0 Å². The zero-order chi connectivity index (χ0) is 14.3. The molecule has 0 aliphatic rings. The van der Waals surface area contributed by atoms with Gasteiger partial charge in [0.2, 0.25) is 10.0 Å². The van der Waals surface area contributed by atoms with Gasteiger partial charge in [-0.2, -0.15) is 0 Å². The van der Waals surface area contributed by atoms with E-state index in [9.17, 15) is 8.42 Å². The largest absolute Gasteiger partial charge is 0.242 e. The molecule has 4 heteroatoms. The van der Waals surface area contributed by atoms with E-state index in [0.717, 1.165) is 18.4 Å². The van der Waals surface area contributed by atoms with E-state index in [1.54, 1.807) is 19.2 Å². The maximum Gasteiger partial charge on any atom is 0.242 e. The number of aryl methyl sites for hydroxylation is 1. The molecule has 0 saturated carbocycles. The van der Waals surface area contributed by atoms with Crippen LogP contribution in [0, 0.1) is 6.92 Å². The van der Waals surface area contributed by atoms with Gasteiger partial charge in [-0.1, -0.05) is 50.3 Å². The van der Waals surface area contributed by atoms with E-state index in [0.29, 0.717) is 11.4 Å². The minimum Gasteiger partial charge on any atom is -0.207 e. The molecule has 0 atom stereocenters. The van der Waals surface area contributed by atoms with Crippen LogP contribution in [0.15, 0.2) is 29.2 Å². The van der Waals surface area contributed by atoms with Gasteiger partial charge in [-0.15, -0.1) is 0 Å². The van der Waals surface area contributed by atoms with Gasteiger partial charge in [0.1, 0.15) is 0 Å². The average molecular weight is 283 g/mol. The van der Waals surface area contributed by atoms with Crippen LogP contribution < -0.4 is 0 Å². The van der Waals surface area contributed by atoms with Gasteiger partial charge in [-0.25, -0.2) is 12.7 Å². The van der Waals surface area contributed by atoms with E-state index in [4.69, 9.17) is 0 Å². The molecule has 108 valence electrons. The number of nitrogens with zero attached hydrogens (tertiary/aromatic N) is 1. The second kappa shape index (κ2) is 7.65. The molecule has 1 rings (SSSR count). The Morgan fingerprint density at radius 1 is 1.00 bits per heavy atom. The van der Waals surface area contributed by atoms with Crippen molar-refractivity contribution in [2.75, 3.05) is 13.6 Å². The molecule has 0 bridgehead atoms. The molecule has 0 unspecified atom stereocenters. The van der Waals surface area contributed by atoms with Crippen LogP contribution in [0.5, 0.6) is 0 Å². The first-order chi connectivity index (χ1) is 8.98. The predicted molar refractivity (Wildman–Crippen MR) is 79.8 cm³/mol. The lowest BCUT2D eigenvalue weighted by Gasteiger charge is -2.17. The van der Waals surface area contributed by atoms with Gasteiger partial charge in [0.25, 0.3) is 0 Å². The fourth-order valence-electron chi connectivity index (χ4n) is 1.95. The SMILES string of the molecule is CCCCCCCN(C)S(=O)(=O)c1ccc(C)cc1. The van der Waals surface area contributed by atoms with Gasteiger partial charge in [0.05, 0.1) is 4.90 Å². The molecule has 0 aliphatic heterocycles. The van der Waals surface area contributed by atoms with Crippen molar-refractivity contribution in [1.29, 1.82) is 0 Å². The Balaban J connectivity index is 2.54. The van der Waals surface area contributed by atoms with Crippen LogP contribution in [-0.4, -0.2) is 26.3 Å². The third-order valence-electron chi connectivity index (χ3n) is 3.31. The summed E-state index contributed by atoms with van der Waals surface area (Å²) in [6, 6.07) is 7.03. The number of hydrogen-bond acceptors (Lipinski definition) is 2. The van der Waals surface area contributed by atoms with Crippen molar-refractivity contribution < 1.29 is 8.42 Å². The van der Waals surface area contributed by atoms with E-state index in [2.05, 4.69) is 6.92 Å². The van der Waals surface area contributed by atoms with Crippen LogP contribution in [0.3, 0.4) is 0 Å². The molecule has 0 spiro atoms. The Bertz CT molecular complexity index is 465. The normalized spacial score (nSPS) is 12.0. The summed E-state index contributed by atoms with van der Waals surface area (Å²) in [7, 11) is -1.65. The zero-order valence-electron chi connectivity index (χ0n) is 12.2. The standard InChI is InChI=1S/C15H25NO2S/c1-4-5-6-7-8-13-16(3)19(17,18)15-11-9-14(2)10-12-15/h9-12H,4-8,13H2,1-3H3. The lowest BCUT2D eigenvalue weighted by molar-refractivity contribution is 0.450. The topological polar surface area (TPSA) is 37.4 Å². The number of unbranched alkanes of at least 4 members (excludes halogenated alkanes) is 4. The van der Waals surface area contributed by atoms with E-state index >= 15 is 0 Å².